The van der Waals surface area contributed by atoms with E-state index in [4.69, 9.17) is 19.9 Å². The Morgan fingerprint density at radius 1 is 1.16 bits per heavy atom. The summed E-state index contributed by atoms with van der Waals surface area (Å²) < 4.78 is 16.4. The fraction of sp³-hybridized carbons (Fsp3) is 0.600. The van der Waals surface area contributed by atoms with Crippen LogP contribution in [0, 0.1) is 5.92 Å². The maximum atomic E-state index is 5.92. The van der Waals surface area contributed by atoms with Crippen LogP contribution in [-0.2, 0) is 4.74 Å². The molecule has 0 aliphatic heterocycles. The molecule has 4 heteroatoms. The predicted octanol–water partition coefficient (Wildman–Crippen LogP) is 2.77. The fourth-order valence-electron chi connectivity index (χ4n) is 1.67. The second kappa shape index (κ2) is 8.02. The van der Waals surface area contributed by atoms with Gasteiger partial charge in [0.1, 0.15) is 18.1 Å². The Labute approximate surface area is 115 Å². The van der Waals surface area contributed by atoms with Crippen molar-refractivity contribution in [2.45, 2.75) is 26.8 Å². The summed E-state index contributed by atoms with van der Waals surface area (Å²) in [5, 5.41) is 0. The maximum Gasteiger partial charge on any atom is 0.127 e. The molecule has 0 radical (unpaired) electrons. The second-order valence-corrected chi connectivity index (χ2v) is 5.01. The lowest BCUT2D eigenvalue weighted by molar-refractivity contribution is 0.0815. The molecule has 1 atom stereocenters. The van der Waals surface area contributed by atoms with Crippen LogP contribution in [0.5, 0.6) is 11.5 Å². The Balaban J connectivity index is 2.55. The third-order valence-electron chi connectivity index (χ3n) is 2.65. The molecule has 1 aromatic carbocycles. The van der Waals surface area contributed by atoms with Crippen LogP contribution in [0.4, 0.5) is 0 Å². The number of nitrogens with two attached hydrogens (primary N) is 1. The van der Waals surface area contributed by atoms with Crippen molar-refractivity contribution in [1.29, 1.82) is 0 Å². The molecule has 0 aliphatic carbocycles. The molecule has 1 unspecified atom stereocenters. The number of rotatable bonds is 8. The van der Waals surface area contributed by atoms with Crippen LogP contribution in [0.1, 0.15) is 32.4 Å². The first-order valence-electron chi connectivity index (χ1n) is 6.68. The normalized spacial score (nSPS) is 12.5. The van der Waals surface area contributed by atoms with Crippen LogP contribution in [-0.4, -0.2) is 26.9 Å². The minimum absolute atomic E-state index is 0.0718. The van der Waals surface area contributed by atoms with E-state index >= 15 is 0 Å². The summed E-state index contributed by atoms with van der Waals surface area (Å²) in [6.07, 6.45) is 0. The number of methoxy groups -OCH3 is 1. The van der Waals surface area contributed by atoms with Gasteiger partial charge in [-0.1, -0.05) is 19.9 Å². The van der Waals surface area contributed by atoms with Gasteiger partial charge in [0.15, 0.2) is 0 Å². The van der Waals surface area contributed by atoms with Crippen molar-refractivity contribution in [3.63, 3.8) is 0 Å². The van der Waals surface area contributed by atoms with E-state index in [1.54, 1.807) is 7.11 Å². The summed E-state index contributed by atoms with van der Waals surface area (Å²) in [6, 6.07) is 5.62. The lowest BCUT2D eigenvalue weighted by atomic mass is 10.1. The Bertz CT molecular complexity index is 378. The van der Waals surface area contributed by atoms with Gasteiger partial charge in [-0.2, -0.15) is 0 Å². The lowest BCUT2D eigenvalue weighted by Crippen LogP contribution is -2.13. The summed E-state index contributed by atoms with van der Waals surface area (Å²) in [7, 11) is 1.64. The molecule has 0 saturated heterocycles. The predicted molar refractivity (Wildman–Crippen MR) is 76.7 cm³/mol. The van der Waals surface area contributed by atoms with Gasteiger partial charge in [0.2, 0.25) is 0 Å². The van der Waals surface area contributed by atoms with E-state index in [1.807, 2.05) is 25.1 Å². The molecule has 0 amide bonds. The quantitative estimate of drug-likeness (QED) is 0.736. The summed E-state index contributed by atoms with van der Waals surface area (Å²) >= 11 is 0. The average Bonchev–Trinajstić information content (AvgIpc) is 2.37. The molecule has 19 heavy (non-hydrogen) atoms. The zero-order valence-electron chi connectivity index (χ0n) is 12.3. The van der Waals surface area contributed by atoms with Crippen molar-refractivity contribution < 1.29 is 14.2 Å². The first-order chi connectivity index (χ1) is 9.04. The summed E-state index contributed by atoms with van der Waals surface area (Å²) in [4.78, 5) is 0. The summed E-state index contributed by atoms with van der Waals surface area (Å²) in [6.45, 7) is 8.02. The molecule has 0 fully saturated rings. The van der Waals surface area contributed by atoms with Crippen LogP contribution in [0.25, 0.3) is 0 Å². The van der Waals surface area contributed by atoms with Crippen LogP contribution in [0.3, 0.4) is 0 Å². The zero-order valence-corrected chi connectivity index (χ0v) is 12.3. The topological polar surface area (TPSA) is 53.7 Å². The largest absolute Gasteiger partial charge is 0.497 e. The van der Waals surface area contributed by atoms with E-state index in [9.17, 15) is 0 Å². The van der Waals surface area contributed by atoms with Crippen LogP contribution >= 0.6 is 0 Å². The van der Waals surface area contributed by atoms with Crippen molar-refractivity contribution in [1.82, 2.24) is 0 Å². The van der Waals surface area contributed by atoms with Crippen molar-refractivity contribution in [2.75, 3.05) is 26.9 Å². The van der Waals surface area contributed by atoms with Crippen LogP contribution in [0.15, 0.2) is 18.2 Å². The molecule has 0 saturated carbocycles. The molecule has 2 N–H and O–H groups in total. The third-order valence-corrected chi connectivity index (χ3v) is 2.65. The molecular weight excluding hydrogens is 242 g/mol. The monoisotopic (exact) mass is 267 g/mol. The van der Waals surface area contributed by atoms with Crippen molar-refractivity contribution in [2.24, 2.45) is 11.7 Å². The molecule has 0 aromatic heterocycles. The number of benzene rings is 1. The van der Waals surface area contributed by atoms with Crippen molar-refractivity contribution in [3.05, 3.63) is 23.8 Å². The molecule has 4 nitrogen and oxygen atoms in total. The minimum Gasteiger partial charge on any atom is -0.497 e. The Morgan fingerprint density at radius 3 is 2.47 bits per heavy atom. The molecule has 1 aromatic rings. The zero-order chi connectivity index (χ0) is 14.3. The van der Waals surface area contributed by atoms with E-state index in [0.717, 1.165) is 23.7 Å². The number of ether oxygens (including phenoxy) is 3. The Hall–Kier alpha value is -1.26. The summed E-state index contributed by atoms with van der Waals surface area (Å²) in [5.41, 5.74) is 6.90. The molecule has 0 spiro atoms. The first-order valence-corrected chi connectivity index (χ1v) is 6.68. The lowest BCUT2D eigenvalue weighted by Gasteiger charge is -2.15. The van der Waals surface area contributed by atoms with Crippen molar-refractivity contribution in [3.8, 4) is 11.5 Å². The smallest absolute Gasteiger partial charge is 0.127 e. The molecule has 0 heterocycles. The summed E-state index contributed by atoms with van der Waals surface area (Å²) in [5.74, 6) is 2.07. The number of hydrogen-bond acceptors (Lipinski definition) is 4. The Kier molecular flexibility index (Phi) is 6.67. The van der Waals surface area contributed by atoms with Gasteiger partial charge in [-0.15, -0.1) is 0 Å². The van der Waals surface area contributed by atoms with Crippen LogP contribution in [0.2, 0.25) is 0 Å². The highest BCUT2D eigenvalue weighted by Crippen LogP contribution is 2.28. The number of hydrogen-bond donors (Lipinski definition) is 1. The fourth-order valence-corrected chi connectivity index (χ4v) is 1.67. The third kappa shape index (κ3) is 5.49. The van der Waals surface area contributed by atoms with Gasteiger partial charge in [-0.3, -0.25) is 0 Å². The van der Waals surface area contributed by atoms with Crippen molar-refractivity contribution >= 4 is 0 Å². The molecule has 0 bridgehead atoms. The molecule has 0 aliphatic rings. The SMILES string of the molecule is COc1ccc(C(C)N)c(OCCOCC(C)C)c1. The van der Waals surface area contributed by atoms with Gasteiger partial charge in [0.05, 0.1) is 13.7 Å². The van der Waals surface area contributed by atoms with Gasteiger partial charge in [-0.05, 0) is 18.9 Å². The highest BCUT2D eigenvalue weighted by Gasteiger charge is 2.09. The Morgan fingerprint density at radius 2 is 1.89 bits per heavy atom. The van der Waals surface area contributed by atoms with Gasteiger partial charge in [-0.25, -0.2) is 0 Å². The first kappa shape index (κ1) is 15.8. The molecule has 108 valence electrons. The van der Waals surface area contributed by atoms with Crippen LogP contribution < -0.4 is 15.2 Å². The standard InChI is InChI=1S/C15H25NO3/c1-11(2)10-18-7-8-19-15-9-13(17-4)5-6-14(15)12(3)16/h5-6,9,11-12H,7-8,10,16H2,1-4H3. The van der Waals surface area contributed by atoms with Gasteiger partial charge < -0.3 is 19.9 Å². The van der Waals surface area contributed by atoms with E-state index in [-0.39, 0.29) is 6.04 Å². The van der Waals surface area contributed by atoms with Gasteiger partial charge in [0, 0.05) is 24.3 Å². The van der Waals surface area contributed by atoms with E-state index < -0.39 is 0 Å². The molecule has 1 rings (SSSR count). The van der Waals surface area contributed by atoms with E-state index in [2.05, 4.69) is 13.8 Å². The van der Waals surface area contributed by atoms with E-state index in [0.29, 0.717) is 19.1 Å². The highest BCUT2D eigenvalue weighted by molar-refractivity contribution is 5.42. The van der Waals surface area contributed by atoms with Gasteiger partial charge >= 0.3 is 0 Å². The van der Waals surface area contributed by atoms with Gasteiger partial charge in [0.25, 0.3) is 0 Å². The highest BCUT2D eigenvalue weighted by atomic mass is 16.5. The second-order valence-electron chi connectivity index (χ2n) is 5.01. The minimum atomic E-state index is -0.0718. The van der Waals surface area contributed by atoms with E-state index in [1.165, 1.54) is 0 Å². The maximum absolute atomic E-state index is 5.92. The molecular formula is C15H25NO3. The average molecular weight is 267 g/mol.